The summed E-state index contributed by atoms with van der Waals surface area (Å²) in [7, 11) is 0. The maximum atomic E-state index is 6.27. The van der Waals surface area contributed by atoms with Crippen molar-refractivity contribution in [1.82, 2.24) is 0 Å². The summed E-state index contributed by atoms with van der Waals surface area (Å²) in [6.45, 7) is 2.30. The molecule has 0 amide bonds. The molecule has 0 bridgehead atoms. The van der Waals surface area contributed by atoms with E-state index in [9.17, 15) is 0 Å². The minimum Gasteiger partial charge on any atom is -0.0884 e. The summed E-state index contributed by atoms with van der Waals surface area (Å²) in [5.74, 6) is 1.82. The van der Waals surface area contributed by atoms with E-state index in [1.807, 2.05) is 12.1 Å². The number of unbranched alkanes of at least 4 members (excludes halogenated alkanes) is 1. The Balaban J connectivity index is 1.80. The van der Waals surface area contributed by atoms with Crippen molar-refractivity contribution in [2.45, 2.75) is 63.1 Å². The first kappa shape index (κ1) is 16.4. The van der Waals surface area contributed by atoms with Gasteiger partial charge in [0.25, 0.3) is 0 Å². The SMILES string of the molecule is CCCCC1CCC(C(Br)Cc2ccccc2Cl)CC1. The molecule has 20 heavy (non-hydrogen) atoms. The van der Waals surface area contributed by atoms with Crippen molar-refractivity contribution in [1.29, 1.82) is 0 Å². The van der Waals surface area contributed by atoms with Gasteiger partial charge in [-0.3, -0.25) is 0 Å². The second-order valence-electron chi connectivity index (χ2n) is 6.23. The van der Waals surface area contributed by atoms with Crippen LogP contribution in [0.15, 0.2) is 24.3 Å². The van der Waals surface area contributed by atoms with E-state index in [1.165, 1.54) is 50.5 Å². The molecule has 1 aliphatic carbocycles. The van der Waals surface area contributed by atoms with Crippen LogP contribution in [-0.2, 0) is 6.42 Å². The first-order chi connectivity index (χ1) is 9.70. The van der Waals surface area contributed by atoms with Crippen LogP contribution in [-0.4, -0.2) is 4.83 Å². The van der Waals surface area contributed by atoms with E-state index < -0.39 is 0 Å². The lowest BCUT2D eigenvalue weighted by Gasteiger charge is -2.31. The quantitative estimate of drug-likeness (QED) is 0.500. The molecule has 1 fully saturated rings. The van der Waals surface area contributed by atoms with E-state index >= 15 is 0 Å². The van der Waals surface area contributed by atoms with Gasteiger partial charge in [-0.1, -0.05) is 84.8 Å². The van der Waals surface area contributed by atoms with Gasteiger partial charge in [-0.2, -0.15) is 0 Å². The van der Waals surface area contributed by atoms with Gasteiger partial charge in [0, 0.05) is 9.85 Å². The second kappa shape index (κ2) is 8.44. The predicted octanol–water partition coefficient (Wildman–Crippen LogP) is 6.64. The predicted molar refractivity (Wildman–Crippen MR) is 92.8 cm³/mol. The molecule has 1 aliphatic rings. The number of alkyl halides is 1. The van der Waals surface area contributed by atoms with Crippen LogP contribution in [0.1, 0.15) is 57.4 Å². The second-order valence-corrected chi connectivity index (χ2v) is 7.82. The largest absolute Gasteiger partial charge is 0.0884 e. The van der Waals surface area contributed by atoms with Crippen molar-refractivity contribution >= 4 is 27.5 Å². The van der Waals surface area contributed by atoms with Gasteiger partial charge < -0.3 is 0 Å². The molecule has 2 rings (SSSR count). The van der Waals surface area contributed by atoms with E-state index in [0.717, 1.165) is 23.3 Å². The fourth-order valence-corrected chi connectivity index (χ4v) is 4.46. The van der Waals surface area contributed by atoms with Gasteiger partial charge in [-0.15, -0.1) is 0 Å². The van der Waals surface area contributed by atoms with E-state index in [0.29, 0.717) is 4.83 Å². The zero-order valence-corrected chi connectivity index (χ0v) is 14.8. The third-order valence-corrected chi connectivity index (χ3v) is 6.18. The summed E-state index contributed by atoms with van der Waals surface area (Å²) in [5, 5.41) is 0.911. The normalized spacial score (nSPS) is 24.6. The zero-order valence-electron chi connectivity index (χ0n) is 12.5. The Bertz CT molecular complexity index is 396. The third-order valence-electron chi connectivity index (χ3n) is 4.74. The summed E-state index contributed by atoms with van der Waals surface area (Å²) < 4.78 is 0. The summed E-state index contributed by atoms with van der Waals surface area (Å²) in [6, 6.07) is 8.25. The van der Waals surface area contributed by atoms with Gasteiger partial charge in [0.15, 0.2) is 0 Å². The van der Waals surface area contributed by atoms with Crippen LogP contribution < -0.4 is 0 Å². The van der Waals surface area contributed by atoms with E-state index in [-0.39, 0.29) is 0 Å². The highest BCUT2D eigenvalue weighted by Crippen LogP contribution is 2.37. The van der Waals surface area contributed by atoms with Crippen LogP contribution in [0.2, 0.25) is 5.02 Å². The van der Waals surface area contributed by atoms with E-state index in [2.05, 4.69) is 35.0 Å². The molecule has 0 heterocycles. The average molecular weight is 358 g/mol. The van der Waals surface area contributed by atoms with Crippen LogP contribution in [0.3, 0.4) is 0 Å². The Morgan fingerprint density at radius 2 is 1.90 bits per heavy atom. The molecule has 0 aromatic heterocycles. The van der Waals surface area contributed by atoms with Gasteiger partial charge in [0.2, 0.25) is 0 Å². The minimum absolute atomic E-state index is 0.578. The van der Waals surface area contributed by atoms with Gasteiger partial charge >= 0.3 is 0 Å². The minimum atomic E-state index is 0.578. The number of benzene rings is 1. The van der Waals surface area contributed by atoms with Crippen molar-refractivity contribution in [2.24, 2.45) is 11.8 Å². The molecule has 1 unspecified atom stereocenters. The number of hydrogen-bond donors (Lipinski definition) is 0. The molecule has 0 spiro atoms. The molecule has 0 radical (unpaired) electrons. The van der Waals surface area contributed by atoms with Gasteiger partial charge in [0.1, 0.15) is 0 Å². The monoisotopic (exact) mass is 356 g/mol. The highest BCUT2D eigenvalue weighted by Gasteiger charge is 2.26. The number of halogens is 2. The smallest absolute Gasteiger partial charge is 0.0438 e. The van der Waals surface area contributed by atoms with Crippen molar-refractivity contribution in [3.63, 3.8) is 0 Å². The Labute approximate surface area is 137 Å². The van der Waals surface area contributed by atoms with Gasteiger partial charge in [-0.05, 0) is 42.7 Å². The molecule has 2 heteroatoms. The summed E-state index contributed by atoms with van der Waals surface area (Å²) in [6.07, 6.45) is 10.9. The highest BCUT2D eigenvalue weighted by molar-refractivity contribution is 9.09. The van der Waals surface area contributed by atoms with Gasteiger partial charge in [0.05, 0.1) is 0 Å². The van der Waals surface area contributed by atoms with Crippen LogP contribution in [0.5, 0.6) is 0 Å². The van der Waals surface area contributed by atoms with E-state index in [1.54, 1.807) is 0 Å². The Morgan fingerprint density at radius 1 is 1.20 bits per heavy atom. The third kappa shape index (κ3) is 4.77. The standard InChI is InChI=1S/C18H26BrCl/c1-2-3-6-14-9-11-15(12-10-14)17(19)13-16-7-4-5-8-18(16)20/h4-5,7-8,14-15,17H,2-3,6,9-13H2,1H3. The molecular weight excluding hydrogens is 332 g/mol. The molecule has 0 N–H and O–H groups in total. The molecule has 0 nitrogen and oxygen atoms in total. The van der Waals surface area contributed by atoms with Gasteiger partial charge in [-0.25, -0.2) is 0 Å². The molecule has 0 saturated heterocycles. The topological polar surface area (TPSA) is 0 Å². The number of rotatable bonds is 6. The molecule has 1 aromatic carbocycles. The first-order valence-corrected chi connectivity index (χ1v) is 9.37. The van der Waals surface area contributed by atoms with E-state index in [4.69, 9.17) is 11.6 Å². The summed E-state index contributed by atoms with van der Waals surface area (Å²) in [5.41, 5.74) is 1.28. The van der Waals surface area contributed by atoms with Crippen LogP contribution in [0, 0.1) is 11.8 Å². The van der Waals surface area contributed by atoms with Crippen LogP contribution in [0.4, 0.5) is 0 Å². The fourth-order valence-electron chi connectivity index (χ4n) is 3.37. The summed E-state index contributed by atoms with van der Waals surface area (Å²) >= 11 is 10.2. The summed E-state index contributed by atoms with van der Waals surface area (Å²) in [4.78, 5) is 0.578. The highest BCUT2D eigenvalue weighted by atomic mass is 79.9. The molecular formula is C18H26BrCl. The lowest BCUT2D eigenvalue weighted by molar-refractivity contribution is 0.256. The Kier molecular flexibility index (Phi) is 6.90. The fraction of sp³-hybridized carbons (Fsp3) is 0.667. The Hall–Kier alpha value is -0.0100. The molecule has 1 aromatic rings. The lowest BCUT2D eigenvalue weighted by Crippen LogP contribution is -2.23. The van der Waals surface area contributed by atoms with Crippen LogP contribution in [0.25, 0.3) is 0 Å². The average Bonchev–Trinajstić information content (AvgIpc) is 2.48. The molecule has 0 aliphatic heterocycles. The lowest BCUT2D eigenvalue weighted by atomic mass is 9.78. The Morgan fingerprint density at radius 3 is 2.55 bits per heavy atom. The first-order valence-electron chi connectivity index (χ1n) is 8.08. The van der Waals surface area contributed by atoms with Crippen LogP contribution >= 0.6 is 27.5 Å². The molecule has 1 saturated carbocycles. The maximum absolute atomic E-state index is 6.27. The van der Waals surface area contributed by atoms with Crippen molar-refractivity contribution in [2.75, 3.05) is 0 Å². The molecule has 112 valence electrons. The maximum Gasteiger partial charge on any atom is 0.0438 e. The van der Waals surface area contributed by atoms with Crippen molar-refractivity contribution < 1.29 is 0 Å². The zero-order chi connectivity index (χ0) is 14.4. The van der Waals surface area contributed by atoms with Crippen molar-refractivity contribution in [3.8, 4) is 0 Å². The molecule has 1 atom stereocenters. The van der Waals surface area contributed by atoms with Crippen molar-refractivity contribution in [3.05, 3.63) is 34.9 Å². The number of hydrogen-bond acceptors (Lipinski definition) is 0.